The summed E-state index contributed by atoms with van der Waals surface area (Å²) >= 11 is 4.28. The molecule has 20 nitrogen and oxygen atoms in total. The van der Waals surface area contributed by atoms with Gasteiger partial charge in [0.2, 0.25) is 0 Å². The second-order valence-corrected chi connectivity index (χ2v) is 16.2. The number of nitrogens with two attached hydrogens (primary N) is 1. The first-order valence-electron chi connectivity index (χ1n) is 14.0. The van der Waals surface area contributed by atoms with Crippen molar-refractivity contribution in [1.82, 2.24) is 39.0 Å². The fourth-order valence-corrected chi connectivity index (χ4v) is 9.35. The van der Waals surface area contributed by atoms with Crippen LogP contribution in [-0.4, -0.2) is 93.3 Å². The number of hydrogen-bond acceptors (Lipinski definition) is 16. The summed E-state index contributed by atoms with van der Waals surface area (Å²) in [6, 6.07) is 0. The molecule has 4 aromatic rings. The second kappa shape index (κ2) is 9.64. The topological polar surface area (TPSA) is 252 Å². The first kappa shape index (κ1) is 29.3. The maximum Gasteiger partial charge on any atom is 0.472 e. The van der Waals surface area contributed by atoms with Crippen LogP contribution in [0.4, 0.5) is 5.82 Å². The summed E-state index contributed by atoms with van der Waals surface area (Å²) in [5.41, 5.74) is 3.71. The molecule has 0 amide bonds. The van der Waals surface area contributed by atoms with E-state index in [0.717, 1.165) is 0 Å². The molecule has 23 heteroatoms. The van der Waals surface area contributed by atoms with E-state index in [1.54, 1.807) is 6.92 Å². The van der Waals surface area contributed by atoms with Gasteiger partial charge in [-0.05, 0) is 13.3 Å². The molecule has 4 N–H and O–H groups in total. The van der Waals surface area contributed by atoms with Crippen molar-refractivity contribution < 1.29 is 46.3 Å². The average Bonchev–Trinajstić information content (AvgIpc) is 3.48. The standard InChI is InChI=1S/C23H25N9O11P2S/c1-9-29-18-12(19(33)30-9)28-8-32(18)20-13-10-2-22(10,40-20)4-38-44(34,35)43-15-14-21(31-7-27-11-16(24)25-6-26-17(11)31)41-23(15,3-37-14)5-39-45(36,46)42-13/h6-8,10,13-15,20-21H,2-5H2,1H3,(H,34,35)(H,36,46)(H2,24,25,26)(H,29,30,33)/t10-,13+,14+,15-,20+,21+,22?,23+,45-/m0/s1. The molecule has 5 fully saturated rings. The van der Waals surface area contributed by atoms with E-state index >= 15 is 0 Å². The minimum absolute atomic E-state index is 0.0560. The summed E-state index contributed by atoms with van der Waals surface area (Å²) in [4.78, 5) is 47.1. The van der Waals surface area contributed by atoms with Crippen LogP contribution < -0.4 is 11.3 Å². The molecule has 4 aromatic heterocycles. The number of aromatic amines is 1. The van der Waals surface area contributed by atoms with Gasteiger partial charge in [-0.3, -0.25) is 32.0 Å². The fourth-order valence-electron chi connectivity index (χ4n) is 6.80. The lowest BCUT2D eigenvalue weighted by Crippen LogP contribution is -2.45. The van der Waals surface area contributed by atoms with Gasteiger partial charge in [0.05, 0.1) is 32.5 Å². The van der Waals surface area contributed by atoms with Crippen molar-refractivity contribution in [2.45, 2.75) is 55.3 Å². The molecule has 0 radical (unpaired) electrons. The Morgan fingerprint density at radius 1 is 0.978 bits per heavy atom. The molecule has 10 atom stereocenters. The van der Waals surface area contributed by atoms with Crippen molar-refractivity contribution in [2.75, 3.05) is 25.6 Å². The number of hydrogen-bond donors (Lipinski definition) is 4. The third-order valence-corrected chi connectivity index (χ3v) is 11.6. The number of aryl methyl sites for hydroxylation is 1. The summed E-state index contributed by atoms with van der Waals surface area (Å²) < 4.78 is 72.1. The number of anilines is 1. The number of nitrogen functional groups attached to an aromatic ring is 1. The van der Waals surface area contributed by atoms with E-state index in [1.165, 1.54) is 28.1 Å². The monoisotopic (exact) mass is 697 g/mol. The molecule has 9 rings (SSSR count). The van der Waals surface area contributed by atoms with Crippen LogP contribution in [0.3, 0.4) is 0 Å². The Hall–Kier alpha value is -2.81. The molecule has 46 heavy (non-hydrogen) atoms. The number of imidazole rings is 2. The molecule has 2 unspecified atom stereocenters. The smallest absolute Gasteiger partial charge is 0.382 e. The Labute approximate surface area is 262 Å². The van der Waals surface area contributed by atoms with Crippen molar-refractivity contribution in [2.24, 2.45) is 5.92 Å². The van der Waals surface area contributed by atoms with Gasteiger partial charge in [0.25, 0.3) is 5.56 Å². The molecule has 5 aliphatic rings. The SMILES string of the molecule is Cc1nc2c(ncn2[C@@H]2OC34COP(=O)(O)O[C@H]5[C@H]6OC[C@]5(CO[P@](=O)(S)O[C@@H]2[C@@H]3C4)O[C@H]6n2cnc3c(N)ncnc32)c(=O)[nH]1. The van der Waals surface area contributed by atoms with Gasteiger partial charge in [0, 0.05) is 5.92 Å². The van der Waals surface area contributed by atoms with Crippen LogP contribution in [0.15, 0.2) is 23.8 Å². The molecule has 0 aromatic carbocycles. The van der Waals surface area contributed by atoms with Crippen LogP contribution in [0, 0.1) is 12.8 Å². The molecule has 4 aliphatic heterocycles. The van der Waals surface area contributed by atoms with E-state index in [4.69, 9.17) is 38.0 Å². The van der Waals surface area contributed by atoms with Gasteiger partial charge in [-0.25, -0.2) is 34.0 Å². The lowest BCUT2D eigenvalue weighted by Gasteiger charge is -2.33. The number of ether oxygens (including phenoxy) is 3. The highest BCUT2D eigenvalue weighted by Crippen LogP contribution is 2.68. The maximum atomic E-state index is 13.9. The van der Waals surface area contributed by atoms with Crippen molar-refractivity contribution >= 4 is 55.0 Å². The average molecular weight is 698 g/mol. The molecular formula is C23H25N9O11P2S. The predicted octanol–water partition coefficient (Wildman–Crippen LogP) is 0.760. The number of fused-ring (bicyclic) bond motifs is 2. The van der Waals surface area contributed by atoms with Crippen molar-refractivity contribution in [1.29, 1.82) is 0 Å². The maximum absolute atomic E-state index is 13.9. The number of H-pyrrole nitrogens is 1. The first-order valence-corrected chi connectivity index (χ1v) is 18.2. The van der Waals surface area contributed by atoms with Crippen LogP contribution in [0.1, 0.15) is 24.7 Å². The molecule has 4 saturated heterocycles. The van der Waals surface area contributed by atoms with Gasteiger partial charge in [0.1, 0.15) is 47.2 Å². The highest BCUT2D eigenvalue weighted by molar-refractivity contribution is 8.44. The Morgan fingerprint density at radius 2 is 1.70 bits per heavy atom. The quantitative estimate of drug-likeness (QED) is 0.167. The number of rotatable bonds is 2. The minimum Gasteiger partial charge on any atom is -0.382 e. The molecule has 0 spiro atoms. The zero-order chi connectivity index (χ0) is 31.8. The molecule has 244 valence electrons. The van der Waals surface area contributed by atoms with Crippen LogP contribution in [0.25, 0.3) is 22.3 Å². The van der Waals surface area contributed by atoms with Crippen molar-refractivity contribution in [3.63, 3.8) is 0 Å². The van der Waals surface area contributed by atoms with Gasteiger partial charge in [0.15, 0.2) is 35.1 Å². The summed E-state index contributed by atoms with van der Waals surface area (Å²) in [6.07, 6.45) is -0.795. The largest absolute Gasteiger partial charge is 0.472 e. The number of thiol groups is 1. The van der Waals surface area contributed by atoms with Crippen molar-refractivity contribution in [3.8, 4) is 0 Å². The number of aromatic nitrogens is 8. The summed E-state index contributed by atoms with van der Waals surface area (Å²) in [6.45, 7) is -3.60. The Kier molecular flexibility index (Phi) is 6.15. The van der Waals surface area contributed by atoms with Crippen LogP contribution in [0.5, 0.6) is 0 Å². The van der Waals surface area contributed by atoms with Gasteiger partial charge in [-0.15, -0.1) is 0 Å². The number of nitrogens with zero attached hydrogens (tertiary/aromatic N) is 7. The Morgan fingerprint density at radius 3 is 2.52 bits per heavy atom. The number of phosphoric acid groups is 1. The highest BCUT2D eigenvalue weighted by atomic mass is 32.7. The highest BCUT2D eigenvalue weighted by Gasteiger charge is 2.71. The van der Waals surface area contributed by atoms with Crippen LogP contribution >= 0.6 is 26.9 Å². The van der Waals surface area contributed by atoms with Gasteiger partial charge in [-0.2, -0.15) is 0 Å². The molecule has 1 saturated carbocycles. The van der Waals surface area contributed by atoms with Crippen LogP contribution in [0.2, 0.25) is 0 Å². The molecule has 4 bridgehead atoms. The van der Waals surface area contributed by atoms with Crippen molar-refractivity contribution in [3.05, 3.63) is 35.2 Å². The minimum atomic E-state index is -4.81. The molecular weight excluding hydrogens is 672 g/mol. The summed E-state index contributed by atoms with van der Waals surface area (Å²) in [7, 11) is -4.81. The van der Waals surface area contributed by atoms with E-state index in [0.29, 0.717) is 23.4 Å². The number of nitrogens with one attached hydrogen (secondary N) is 1. The van der Waals surface area contributed by atoms with Gasteiger partial charge < -0.3 is 29.8 Å². The van der Waals surface area contributed by atoms with E-state index in [9.17, 15) is 18.8 Å². The molecule has 8 heterocycles. The predicted molar refractivity (Wildman–Crippen MR) is 154 cm³/mol. The zero-order valence-electron chi connectivity index (χ0n) is 23.6. The lowest BCUT2D eigenvalue weighted by molar-refractivity contribution is -0.183. The lowest BCUT2D eigenvalue weighted by atomic mass is 10.0. The Balaban J connectivity index is 1.07. The second-order valence-electron chi connectivity index (χ2n) is 11.9. The number of phosphoric ester groups is 1. The third-order valence-electron chi connectivity index (χ3n) is 9.02. The van der Waals surface area contributed by atoms with E-state index in [2.05, 4.69) is 42.2 Å². The van der Waals surface area contributed by atoms with Gasteiger partial charge in [-0.1, -0.05) is 12.2 Å². The van der Waals surface area contributed by atoms with E-state index < -0.39 is 74.7 Å². The Bertz CT molecular complexity index is 2090. The van der Waals surface area contributed by atoms with Crippen LogP contribution in [-0.2, 0) is 41.4 Å². The normalized spacial score (nSPS) is 42.0. The zero-order valence-corrected chi connectivity index (χ0v) is 26.3. The fraction of sp³-hybridized carbons (Fsp3) is 0.565. The molecule has 1 aliphatic carbocycles. The summed E-state index contributed by atoms with van der Waals surface area (Å²) in [5.74, 6) is 0.0239. The van der Waals surface area contributed by atoms with E-state index in [-0.39, 0.29) is 30.2 Å². The third kappa shape index (κ3) is 4.31. The summed E-state index contributed by atoms with van der Waals surface area (Å²) in [5, 5.41) is 0. The van der Waals surface area contributed by atoms with Gasteiger partial charge >= 0.3 is 14.6 Å². The first-order chi connectivity index (χ1) is 21.9. The van der Waals surface area contributed by atoms with E-state index in [1.807, 2.05) is 0 Å².